The third-order valence-corrected chi connectivity index (χ3v) is 20.2. The number of ether oxygens (including phenoxy) is 4. The number of carbonyl (C=O) groups excluding carboxylic acids is 4. The van der Waals surface area contributed by atoms with E-state index in [0.717, 1.165) is 114 Å². The molecule has 0 amide bonds. The lowest BCUT2D eigenvalue weighted by molar-refractivity contribution is -0.161. The van der Waals surface area contributed by atoms with Gasteiger partial charge >= 0.3 is 39.5 Å². The highest BCUT2D eigenvalue weighted by molar-refractivity contribution is 7.47. The minimum Gasteiger partial charge on any atom is -0.462 e. The zero-order chi connectivity index (χ0) is 72.4. The highest BCUT2D eigenvalue weighted by Gasteiger charge is 2.30. The predicted octanol–water partition coefficient (Wildman–Crippen LogP) is 23.2. The molecule has 5 atom stereocenters. The van der Waals surface area contributed by atoms with Crippen LogP contribution in [0.1, 0.15) is 402 Å². The summed E-state index contributed by atoms with van der Waals surface area (Å²) in [5.41, 5.74) is 0. The van der Waals surface area contributed by atoms with E-state index in [0.29, 0.717) is 25.7 Å². The number of rotatable bonds is 76. The van der Waals surface area contributed by atoms with Gasteiger partial charge in [0.05, 0.1) is 26.4 Å². The van der Waals surface area contributed by atoms with Gasteiger partial charge in [-0.15, -0.1) is 0 Å². The van der Waals surface area contributed by atoms with E-state index in [9.17, 15) is 43.2 Å². The Hall–Kier alpha value is -1.94. The van der Waals surface area contributed by atoms with Gasteiger partial charge in [-0.2, -0.15) is 0 Å². The molecule has 0 aromatic heterocycles. The summed E-state index contributed by atoms with van der Waals surface area (Å²) in [5, 5.41) is 10.6. The molecule has 17 nitrogen and oxygen atoms in total. The third-order valence-electron chi connectivity index (χ3n) is 18.3. The molecule has 582 valence electrons. The number of esters is 4. The molecule has 3 unspecified atom stereocenters. The van der Waals surface area contributed by atoms with E-state index in [-0.39, 0.29) is 25.7 Å². The zero-order valence-corrected chi connectivity index (χ0v) is 66.2. The third kappa shape index (κ3) is 72.4. The largest absolute Gasteiger partial charge is 0.472 e. The number of hydrogen-bond donors (Lipinski definition) is 3. The van der Waals surface area contributed by atoms with Gasteiger partial charge in [-0.3, -0.25) is 37.3 Å². The summed E-state index contributed by atoms with van der Waals surface area (Å²) in [6.45, 7) is 14.2. The maximum Gasteiger partial charge on any atom is 0.472 e. The van der Waals surface area contributed by atoms with Gasteiger partial charge in [0, 0.05) is 25.7 Å². The summed E-state index contributed by atoms with van der Waals surface area (Å²) < 4.78 is 68.6. The molecule has 0 saturated heterocycles. The number of phosphoric acid groups is 2. The monoisotopic (exact) mass is 1440 g/mol. The van der Waals surface area contributed by atoms with Crippen LogP contribution in [0.15, 0.2) is 0 Å². The predicted molar refractivity (Wildman–Crippen MR) is 400 cm³/mol. The summed E-state index contributed by atoms with van der Waals surface area (Å²) in [4.78, 5) is 72.9. The van der Waals surface area contributed by atoms with Crippen LogP contribution < -0.4 is 0 Å². The number of unbranched alkanes of at least 4 members (excludes halogenated alkanes) is 42. The molecular formula is C79H154O17P2. The highest BCUT2D eigenvalue weighted by Crippen LogP contribution is 2.45. The maximum absolute atomic E-state index is 13.1. The van der Waals surface area contributed by atoms with Gasteiger partial charge < -0.3 is 33.8 Å². The Kier molecular flexibility index (Phi) is 66.8. The number of hydrogen-bond acceptors (Lipinski definition) is 15. The normalized spacial score (nSPS) is 14.1. The van der Waals surface area contributed by atoms with Crippen molar-refractivity contribution in [1.29, 1.82) is 0 Å². The molecule has 19 heteroatoms. The van der Waals surface area contributed by atoms with Crippen LogP contribution in [0.25, 0.3) is 0 Å². The number of aliphatic hydroxyl groups is 1. The van der Waals surface area contributed by atoms with E-state index in [1.807, 2.05) is 0 Å². The Balaban J connectivity index is 5.24. The molecule has 0 rings (SSSR count). The molecule has 0 fully saturated rings. The van der Waals surface area contributed by atoms with Crippen LogP contribution in [0, 0.1) is 23.7 Å². The zero-order valence-electron chi connectivity index (χ0n) is 64.4. The second kappa shape index (κ2) is 68.2. The van der Waals surface area contributed by atoms with Gasteiger partial charge in [0.2, 0.25) is 0 Å². The molecule has 0 heterocycles. The van der Waals surface area contributed by atoms with Crippen molar-refractivity contribution in [2.45, 2.75) is 420 Å². The fraction of sp³-hybridized carbons (Fsp3) is 0.949. The average Bonchev–Trinajstić information content (AvgIpc) is 1.03. The number of carbonyl (C=O) groups is 4. The minimum absolute atomic E-state index is 0.104. The first-order valence-electron chi connectivity index (χ1n) is 40.7. The fourth-order valence-corrected chi connectivity index (χ4v) is 13.7. The minimum atomic E-state index is -4.96. The lowest BCUT2D eigenvalue weighted by Gasteiger charge is -2.21. The van der Waals surface area contributed by atoms with Gasteiger partial charge in [0.15, 0.2) is 12.2 Å². The molecule has 98 heavy (non-hydrogen) atoms. The Morgan fingerprint density at radius 2 is 0.429 bits per heavy atom. The molecule has 0 bridgehead atoms. The molecule has 0 aliphatic rings. The van der Waals surface area contributed by atoms with Crippen molar-refractivity contribution in [2.75, 3.05) is 39.6 Å². The average molecular weight is 1440 g/mol. The highest BCUT2D eigenvalue weighted by atomic mass is 31.2. The molecule has 0 aromatic carbocycles. The Bertz CT molecular complexity index is 1920. The van der Waals surface area contributed by atoms with Crippen molar-refractivity contribution in [2.24, 2.45) is 23.7 Å². The van der Waals surface area contributed by atoms with E-state index in [4.69, 9.17) is 37.0 Å². The van der Waals surface area contributed by atoms with Gasteiger partial charge in [-0.05, 0) is 49.4 Å². The van der Waals surface area contributed by atoms with Crippen molar-refractivity contribution in [3.63, 3.8) is 0 Å². The first kappa shape index (κ1) is 96.1. The van der Waals surface area contributed by atoms with E-state index in [1.165, 1.54) is 205 Å². The van der Waals surface area contributed by atoms with E-state index in [1.54, 1.807) is 0 Å². The maximum atomic E-state index is 13.1. The fourth-order valence-electron chi connectivity index (χ4n) is 12.1. The molecule has 0 aliphatic carbocycles. The van der Waals surface area contributed by atoms with E-state index < -0.39 is 97.5 Å². The molecule has 3 N–H and O–H groups in total. The summed E-state index contributed by atoms with van der Waals surface area (Å²) in [6, 6.07) is 0. The molecule has 0 spiro atoms. The summed E-state index contributed by atoms with van der Waals surface area (Å²) >= 11 is 0. The van der Waals surface area contributed by atoms with Crippen LogP contribution in [0.2, 0.25) is 0 Å². The molecule has 0 radical (unpaired) electrons. The lowest BCUT2D eigenvalue weighted by atomic mass is 10.0. The van der Waals surface area contributed by atoms with Crippen LogP contribution in [-0.4, -0.2) is 96.7 Å². The standard InChI is InChI=1S/C79H154O17P2/c1-69(2)55-47-39-31-23-19-15-11-9-13-17-21-25-35-43-51-59-76(81)89-65-74(95-78(83)61-53-45-37-26-22-18-14-10-12-16-20-24-32-40-48-56-70(3)4)67-93-97(85,86)91-63-73(80)64-92-98(87,88)94-68-75(96-79(84)62-54-46-38-30-28-34-42-50-58-72(7)8)66-90-77(82)60-52-44-36-29-27-33-41-49-57-71(5)6/h69-75,80H,9-68H2,1-8H3,(H,85,86)(H,87,88)/t73?,74-,75-/m1/s1. The van der Waals surface area contributed by atoms with Crippen LogP contribution in [-0.2, 0) is 65.4 Å². The quantitative estimate of drug-likeness (QED) is 0.0222. The number of aliphatic hydroxyl groups excluding tert-OH is 1. The molecule has 0 saturated carbocycles. The summed E-state index contributed by atoms with van der Waals surface area (Å²) in [7, 11) is -9.92. The van der Waals surface area contributed by atoms with Crippen LogP contribution in [0.4, 0.5) is 0 Å². The van der Waals surface area contributed by atoms with Gasteiger partial charge in [-0.25, -0.2) is 9.13 Å². The van der Waals surface area contributed by atoms with Gasteiger partial charge in [0.1, 0.15) is 19.3 Å². The van der Waals surface area contributed by atoms with Crippen LogP contribution in [0.3, 0.4) is 0 Å². The van der Waals surface area contributed by atoms with E-state index >= 15 is 0 Å². The second-order valence-corrected chi connectivity index (χ2v) is 33.3. The number of phosphoric ester groups is 2. The SMILES string of the molecule is CC(C)CCCCCCCCCCCCCCCCCC(=O)OC[C@H](COP(=O)(O)OCC(O)COP(=O)(O)OC[C@@H](COC(=O)CCCCCCCCCCC(C)C)OC(=O)CCCCCCCCCCC(C)C)OC(=O)CCCCCCCCCCCCCCCCCC(C)C. The van der Waals surface area contributed by atoms with Crippen molar-refractivity contribution < 1.29 is 80.2 Å². The van der Waals surface area contributed by atoms with Gasteiger partial charge in [-0.1, -0.05) is 351 Å². The molecule has 0 aliphatic heterocycles. The van der Waals surface area contributed by atoms with Crippen molar-refractivity contribution in [3.8, 4) is 0 Å². The summed E-state index contributed by atoms with van der Waals surface area (Å²) in [5.74, 6) is 0.935. The first-order valence-corrected chi connectivity index (χ1v) is 43.7. The summed E-state index contributed by atoms with van der Waals surface area (Å²) in [6.07, 6.45) is 54.2. The Labute approximate surface area is 600 Å². The topological polar surface area (TPSA) is 237 Å². The first-order chi connectivity index (χ1) is 47.1. The Morgan fingerprint density at radius 3 is 0.633 bits per heavy atom. The molecular weight excluding hydrogens is 1280 g/mol. The van der Waals surface area contributed by atoms with Crippen molar-refractivity contribution >= 4 is 39.5 Å². The van der Waals surface area contributed by atoms with Crippen molar-refractivity contribution in [1.82, 2.24) is 0 Å². The van der Waals surface area contributed by atoms with Gasteiger partial charge in [0.25, 0.3) is 0 Å². The van der Waals surface area contributed by atoms with E-state index in [2.05, 4.69) is 55.4 Å². The smallest absolute Gasteiger partial charge is 0.462 e. The van der Waals surface area contributed by atoms with Crippen molar-refractivity contribution in [3.05, 3.63) is 0 Å². The van der Waals surface area contributed by atoms with Crippen LogP contribution in [0.5, 0.6) is 0 Å². The molecule has 0 aromatic rings. The lowest BCUT2D eigenvalue weighted by Crippen LogP contribution is -2.30. The van der Waals surface area contributed by atoms with Crippen LogP contribution >= 0.6 is 15.6 Å². The second-order valence-electron chi connectivity index (χ2n) is 30.4. The Morgan fingerprint density at radius 1 is 0.255 bits per heavy atom.